The molecule has 29 heavy (non-hydrogen) atoms. The van der Waals surface area contributed by atoms with Gasteiger partial charge in [-0.2, -0.15) is 0 Å². The predicted molar refractivity (Wildman–Crippen MR) is 121 cm³/mol. The summed E-state index contributed by atoms with van der Waals surface area (Å²) in [6, 6.07) is 11.3. The van der Waals surface area contributed by atoms with Crippen LogP contribution in [0, 0.1) is 40.9 Å². The molecule has 5 rings (SSSR count). The summed E-state index contributed by atoms with van der Waals surface area (Å²) in [4.78, 5) is 0. The first-order valence-corrected chi connectivity index (χ1v) is 12.4. The maximum atomic E-state index is 10.6. The first kappa shape index (κ1) is 19.9. The van der Waals surface area contributed by atoms with Gasteiger partial charge in [-0.15, -0.1) is 0 Å². The van der Waals surface area contributed by atoms with Gasteiger partial charge >= 0.3 is 0 Å². The molecule has 0 aliphatic heterocycles. The van der Waals surface area contributed by atoms with Gasteiger partial charge in [0.15, 0.2) is 0 Å². The molecule has 4 saturated carbocycles. The fourth-order valence-electron chi connectivity index (χ4n) is 8.84. The molecule has 0 amide bonds. The summed E-state index contributed by atoms with van der Waals surface area (Å²) >= 11 is 0. The molecule has 4 fully saturated rings. The molecule has 2 heteroatoms. The number of fused-ring (bicyclic) bond motifs is 5. The molecule has 4 aliphatic rings. The molecular formula is C27H41NO. The average molecular weight is 396 g/mol. The number of rotatable bonds is 3. The van der Waals surface area contributed by atoms with Crippen molar-refractivity contribution in [3.8, 4) is 0 Å². The van der Waals surface area contributed by atoms with E-state index in [0.717, 1.165) is 48.3 Å². The van der Waals surface area contributed by atoms with Gasteiger partial charge in [-0.1, -0.05) is 25.1 Å². The Labute approximate surface area is 177 Å². The smallest absolute Gasteiger partial charge is 0.0622 e. The molecule has 2 nitrogen and oxygen atoms in total. The van der Waals surface area contributed by atoms with Crippen LogP contribution >= 0.6 is 0 Å². The second-order valence-electron chi connectivity index (χ2n) is 11.7. The highest BCUT2D eigenvalue weighted by molar-refractivity contribution is 5.43. The van der Waals surface area contributed by atoms with Crippen molar-refractivity contribution in [2.24, 2.45) is 40.9 Å². The van der Waals surface area contributed by atoms with E-state index in [4.69, 9.17) is 0 Å². The quantitative estimate of drug-likeness (QED) is 0.611. The molecule has 0 bridgehead atoms. The fourth-order valence-corrected chi connectivity index (χ4v) is 8.84. The third-order valence-corrected chi connectivity index (χ3v) is 10.1. The Morgan fingerprint density at radius 2 is 1.66 bits per heavy atom. The summed E-state index contributed by atoms with van der Waals surface area (Å²) in [5.41, 5.74) is 1.39. The van der Waals surface area contributed by atoms with Crippen molar-refractivity contribution in [3.63, 3.8) is 0 Å². The van der Waals surface area contributed by atoms with E-state index < -0.39 is 5.60 Å². The number of aliphatic hydroxyl groups is 1. The molecule has 1 aromatic carbocycles. The number of anilines is 1. The minimum absolute atomic E-state index is 0.395. The van der Waals surface area contributed by atoms with Crippen molar-refractivity contribution < 1.29 is 5.11 Å². The molecule has 1 aromatic rings. The number of para-hydroxylation sites is 1. The summed E-state index contributed by atoms with van der Waals surface area (Å²) in [5, 5.41) is 14.5. The molecular weight excluding hydrogens is 354 g/mol. The molecule has 0 heterocycles. The molecule has 0 aromatic heterocycles. The molecule has 2 N–H and O–H groups in total. The van der Waals surface area contributed by atoms with E-state index in [1.807, 2.05) is 0 Å². The predicted octanol–water partition coefficient (Wildman–Crippen LogP) is 6.51. The largest absolute Gasteiger partial charge is 0.390 e. The van der Waals surface area contributed by atoms with Crippen molar-refractivity contribution in [2.45, 2.75) is 90.2 Å². The van der Waals surface area contributed by atoms with E-state index in [1.165, 1.54) is 50.6 Å². The first-order chi connectivity index (χ1) is 13.9. The maximum absolute atomic E-state index is 10.6. The highest BCUT2D eigenvalue weighted by Gasteiger charge is 2.58. The van der Waals surface area contributed by atoms with Crippen molar-refractivity contribution in [1.29, 1.82) is 0 Å². The van der Waals surface area contributed by atoms with Gasteiger partial charge in [-0.3, -0.25) is 0 Å². The highest BCUT2D eigenvalue weighted by Crippen LogP contribution is 2.65. The Kier molecular flexibility index (Phi) is 5.01. The second kappa shape index (κ2) is 7.29. The lowest BCUT2D eigenvalue weighted by Crippen LogP contribution is -2.51. The third kappa shape index (κ3) is 3.44. The Morgan fingerprint density at radius 3 is 2.45 bits per heavy atom. The molecule has 1 unspecified atom stereocenters. The average Bonchev–Trinajstić information content (AvgIpc) is 3.05. The van der Waals surface area contributed by atoms with Crippen molar-refractivity contribution >= 4 is 5.69 Å². The lowest BCUT2D eigenvalue weighted by atomic mass is 9.49. The number of nitrogens with one attached hydrogen (secondary N) is 1. The third-order valence-electron chi connectivity index (χ3n) is 10.1. The highest BCUT2D eigenvalue weighted by atomic mass is 16.3. The monoisotopic (exact) mass is 395 g/mol. The summed E-state index contributed by atoms with van der Waals surface area (Å²) in [6.45, 7) is 7.15. The summed E-state index contributed by atoms with van der Waals surface area (Å²) < 4.78 is 0. The van der Waals surface area contributed by atoms with Gasteiger partial charge in [-0.25, -0.2) is 0 Å². The van der Waals surface area contributed by atoms with E-state index in [0.29, 0.717) is 11.5 Å². The molecule has 0 radical (unpaired) electrons. The van der Waals surface area contributed by atoms with Crippen LogP contribution in [0.4, 0.5) is 5.69 Å². The SMILES string of the molecule is C[C@@H](Nc1ccccc1)C1CC[C@H]2[C@@H]3CC[C@@H]4C[C@](C)(O)CC[C@@H]4[C@H]3CC[C@]12C. The molecule has 0 spiro atoms. The van der Waals surface area contributed by atoms with Crippen LogP contribution < -0.4 is 5.32 Å². The van der Waals surface area contributed by atoms with Gasteiger partial charge in [-0.05, 0) is 125 Å². The summed E-state index contributed by atoms with van der Waals surface area (Å²) in [6.07, 6.45) is 11.9. The number of hydrogen-bond donors (Lipinski definition) is 2. The lowest BCUT2D eigenvalue weighted by molar-refractivity contribution is -0.100. The Balaban J connectivity index is 1.31. The van der Waals surface area contributed by atoms with Gasteiger partial charge in [0.25, 0.3) is 0 Å². The van der Waals surface area contributed by atoms with E-state index >= 15 is 0 Å². The Hall–Kier alpha value is -1.02. The maximum Gasteiger partial charge on any atom is 0.0622 e. The molecule has 160 valence electrons. The minimum atomic E-state index is -0.395. The van der Waals surface area contributed by atoms with Crippen LogP contribution in [0.15, 0.2) is 30.3 Å². The zero-order valence-electron chi connectivity index (χ0n) is 18.7. The second-order valence-corrected chi connectivity index (χ2v) is 11.7. The number of benzene rings is 1. The van der Waals surface area contributed by atoms with Crippen LogP contribution in [0.3, 0.4) is 0 Å². The van der Waals surface area contributed by atoms with Gasteiger partial charge in [0.2, 0.25) is 0 Å². The van der Waals surface area contributed by atoms with Gasteiger partial charge in [0.1, 0.15) is 0 Å². The summed E-state index contributed by atoms with van der Waals surface area (Å²) in [7, 11) is 0. The molecule has 9 atom stereocenters. The van der Waals surface area contributed by atoms with E-state index in [1.54, 1.807) is 0 Å². The fraction of sp³-hybridized carbons (Fsp3) is 0.778. The summed E-state index contributed by atoms with van der Waals surface area (Å²) in [5.74, 6) is 5.30. The van der Waals surface area contributed by atoms with Crippen LogP contribution in [0.1, 0.15) is 78.6 Å². The van der Waals surface area contributed by atoms with Crippen LogP contribution in [0.2, 0.25) is 0 Å². The topological polar surface area (TPSA) is 32.3 Å². The normalized spacial score (nSPS) is 47.6. The zero-order valence-corrected chi connectivity index (χ0v) is 18.7. The van der Waals surface area contributed by atoms with Crippen molar-refractivity contribution in [3.05, 3.63) is 30.3 Å². The first-order valence-electron chi connectivity index (χ1n) is 12.4. The Bertz CT molecular complexity index is 715. The van der Waals surface area contributed by atoms with E-state index in [-0.39, 0.29) is 0 Å². The Morgan fingerprint density at radius 1 is 0.897 bits per heavy atom. The van der Waals surface area contributed by atoms with Crippen LogP contribution in [0.25, 0.3) is 0 Å². The van der Waals surface area contributed by atoms with E-state index in [2.05, 4.69) is 56.4 Å². The number of hydrogen-bond acceptors (Lipinski definition) is 2. The van der Waals surface area contributed by atoms with Crippen LogP contribution in [-0.4, -0.2) is 16.7 Å². The van der Waals surface area contributed by atoms with Crippen molar-refractivity contribution in [2.75, 3.05) is 5.32 Å². The van der Waals surface area contributed by atoms with Crippen LogP contribution in [0.5, 0.6) is 0 Å². The molecule has 0 saturated heterocycles. The van der Waals surface area contributed by atoms with Gasteiger partial charge < -0.3 is 10.4 Å². The minimum Gasteiger partial charge on any atom is -0.390 e. The standard InChI is InChI=1S/C27H41NO/c1-18(28-20-7-5-4-6-8-20)24-11-12-25-23-10-9-19-17-26(2,29)15-13-21(19)22(23)14-16-27(24,25)3/h4-8,18-19,21-25,28-29H,9-17H2,1-3H3/t18-,19-,21+,22-,23-,24?,25+,26-,27-/m1/s1. The zero-order chi connectivity index (χ0) is 20.2. The van der Waals surface area contributed by atoms with Crippen LogP contribution in [-0.2, 0) is 0 Å². The molecule has 4 aliphatic carbocycles. The van der Waals surface area contributed by atoms with Crippen molar-refractivity contribution in [1.82, 2.24) is 0 Å². The van der Waals surface area contributed by atoms with Gasteiger partial charge in [0, 0.05) is 11.7 Å². The van der Waals surface area contributed by atoms with Gasteiger partial charge in [0.05, 0.1) is 5.60 Å². The van der Waals surface area contributed by atoms with E-state index in [9.17, 15) is 5.11 Å². The lowest BCUT2D eigenvalue weighted by Gasteiger charge is -2.57.